The summed E-state index contributed by atoms with van der Waals surface area (Å²) in [5, 5.41) is 0. The molecule has 0 radical (unpaired) electrons. The Hall–Kier alpha value is 0.250. The summed E-state index contributed by atoms with van der Waals surface area (Å²) in [4.78, 5) is 2.38. The van der Waals surface area contributed by atoms with Crippen molar-refractivity contribution in [2.24, 2.45) is 5.92 Å². The molecule has 1 heterocycles. The summed E-state index contributed by atoms with van der Waals surface area (Å²) in [6.07, 6.45) is 2.69. The molecular weight excluding hydrogens is 146 g/mol. The Morgan fingerprint density at radius 2 is 2.30 bits per heavy atom. The largest absolute Gasteiger partial charge is 0.302 e. The maximum Gasteiger partial charge on any atom is 0.0382 e. The fraction of sp³-hybridized carbons (Fsp3) is 1.00. The highest BCUT2D eigenvalue weighted by Gasteiger charge is 2.24. The van der Waals surface area contributed by atoms with E-state index in [1.54, 1.807) is 0 Å². The van der Waals surface area contributed by atoms with E-state index in [4.69, 9.17) is 11.6 Å². The number of hydrogen-bond donors (Lipinski definition) is 0. The number of piperidine rings is 1. The number of halogens is 1. The molecule has 1 rings (SSSR count). The van der Waals surface area contributed by atoms with Crippen molar-refractivity contribution in [2.45, 2.75) is 25.8 Å². The van der Waals surface area contributed by atoms with E-state index in [1.165, 1.54) is 19.4 Å². The van der Waals surface area contributed by atoms with Gasteiger partial charge in [0.15, 0.2) is 0 Å². The molecule has 0 N–H and O–H groups in total. The Labute approximate surface area is 68.4 Å². The van der Waals surface area contributed by atoms with Crippen molar-refractivity contribution < 1.29 is 0 Å². The lowest BCUT2D eigenvalue weighted by molar-refractivity contribution is 0.147. The van der Waals surface area contributed by atoms with Gasteiger partial charge in [-0.3, -0.25) is 0 Å². The fourth-order valence-electron chi connectivity index (χ4n) is 1.73. The van der Waals surface area contributed by atoms with Gasteiger partial charge in [-0.2, -0.15) is 0 Å². The van der Waals surface area contributed by atoms with Crippen LogP contribution in [0.25, 0.3) is 0 Å². The molecule has 0 aromatic heterocycles. The van der Waals surface area contributed by atoms with Crippen LogP contribution in [0.4, 0.5) is 0 Å². The van der Waals surface area contributed by atoms with Gasteiger partial charge < -0.3 is 4.90 Å². The molecule has 1 aliphatic rings. The predicted molar refractivity (Wildman–Crippen MR) is 45.5 cm³/mol. The lowest BCUT2D eigenvalue weighted by atomic mass is 9.93. The SMILES string of the molecule is CC1CCCN(C)C1CCl. The molecule has 2 unspecified atom stereocenters. The van der Waals surface area contributed by atoms with Gasteiger partial charge >= 0.3 is 0 Å². The average molecular weight is 162 g/mol. The number of alkyl halides is 1. The van der Waals surface area contributed by atoms with E-state index in [-0.39, 0.29) is 0 Å². The second kappa shape index (κ2) is 3.59. The molecule has 0 aromatic carbocycles. The van der Waals surface area contributed by atoms with Gasteiger partial charge in [0, 0.05) is 11.9 Å². The molecule has 0 aromatic rings. The summed E-state index contributed by atoms with van der Waals surface area (Å²) in [6.45, 7) is 3.52. The molecule has 1 saturated heterocycles. The third-order valence-corrected chi connectivity index (χ3v) is 2.87. The standard InChI is InChI=1S/C8H16ClN/c1-7-4-3-5-10(2)8(7)6-9/h7-8H,3-6H2,1-2H3. The van der Waals surface area contributed by atoms with E-state index in [0.29, 0.717) is 6.04 Å². The summed E-state index contributed by atoms with van der Waals surface area (Å²) in [6, 6.07) is 0.621. The van der Waals surface area contributed by atoms with Crippen molar-refractivity contribution >= 4 is 11.6 Å². The van der Waals surface area contributed by atoms with Gasteiger partial charge in [-0.15, -0.1) is 11.6 Å². The number of rotatable bonds is 1. The Balaban J connectivity index is 2.45. The van der Waals surface area contributed by atoms with E-state index in [1.807, 2.05) is 0 Å². The highest BCUT2D eigenvalue weighted by Crippen LogP contribution is 2.22. The first-order chi connectivity index (χ1) is 4.75. The van der Waals surface area contributed by atoms with Crippen LogP contribution in [0.2, 0.25) is 0 Å². The molecule has 1 fully saturated rings. The zero-order valence-electron chi connectivity index (χ0n) is 6.81. The minimum Gasteiger partial charge on any atom is -0.302 e. The monoisotopic (exact) mass is 161 g/mol. The van der Waals surface area contributed by atoms with Crippen LogP contribution >= 0.6 is 11.6 Å². The molecule has 60 valence electrons. The van der Waals surface area contributed by atoms with Crippen LogP contribution in [0.5, 0.6) is 0 Å². The molecular formula is C8H16ClN. The fourth-order valence-corrected chi connectivity index (χ4v) is 2.26. The van der Waals surface area contributed by atoms with Crippen molar-refractivity contribution in [2.75, 3.05) is 19.5 Å². The van der Waals surface area contributed by atoms with Crippen LogP contribution in [0, 0.1) is 5.92 Å². The molecule has 1 aliphatic heterocycles. The Kier molecular flexibility index (Phi) is 2.99. The van der Waals surface area contributed by atoms with Gasteiger partial charge in [0.2, 0.25) is 0 Å². The van der Waals surface area contributed by atoms with E-state index < -0.39 is 0 Å². The Bertz CT molecular complexity index is 95.4. The van der Waals surface area contributed by atoms with E-state index in [9.17, 15) is 0 Å². The molecule has 2 heteroatoms. The van der Waals surface area contributed by atoms with Crippen molar-refractivity contribution in [3.8, 4) is 0 Å². The van der Waals surface area contributed by atoms with E-state index >= 15 is 0 Å². The van der Waals surface area contributed by atoms with Crippen LogP contribution < -0.4 is 0 Å². The van der Waals surface area contributed by atoms with E-state index in [0.717, 1.165) is 11.8 Å². The molecule has 1 nitrogen and oxygen atoms in total. The lowest BCUT2D eigenvalue weighted by Crippen LogP contribution is -2.42. The van der Waals surface area contributed by atoms with Crippen molar-refractivity contribution in [1.29, 1.82) is 0 Å². The molecule has 10 heavy (non-hydrogen) atoms. The van der Waals surface area contributed by atoms with Gasteiger partial charge in [-0.1, -0.05) is 6.92 Å². The molecule has 0 saturated carbocycles. The molecule has 2 atom stereocenters. The first kappa shape index (κ1) is 8.35. The summed E-state index contributed by atoms with van der Waals surface area (Å²) in [5.41, 5.74) is 0. The number of likely N-dealkylation sites (tertiary alicyclic amines) is 1. The van der Waals surface area contributed by atoms with E-state index in [2.05, 4.69) is 18.9 Å². The van der Waals surface area contributed by atoms with Crippen LogP contribution in [0.3, 0.4) is 0 Å². The second-order valence-corrected chi connectivity index (χ2v) is 3.63. The minimum absolute atomic E-state index is 0.621. The first-order valence-corrected chi connectivity index (χ1v) is 4.55. The Morgan fingerprint density at radius 3 is 2.70 bits per heavy atom. The summed E-state index contributed by atoms with van der Waals surface area (Å²) in [5.74, 6) is 1.58. The van der Waals surface area contributed by atoms with Crippen molar-refractivity contribution in [3.05, 3.63) is 0 Å². The zero-order valence-corrected chi connectivity index (χ0v) is 7.56. The normalized spacial score (nSPS) is 36.3. The minimum atomic E-state index is 0.621. The first-order valence-electron chi connectivity index (χ1n) is 4.02. The topological polar surface area (TPSA) is 3.24 Å². The van der Waals surface area contributed by atoms with Gasteiger partial charge in [0.05, 0.1) is 0 Å². The number of hydrogen-bond acceptors (Lipinski definition) is 1. The van der Waals surface area contributed by atoms with Gasteiger partial charge in [-0.25, -0.2) is 0 Å². The maximum absolute atomic E-state index is 5.83. The summed E-state index contributed by atoms with van der Waals surface area (Å²) in [7, 11) is 2.17. The highest BCUT2D eigenvalue weighted by molar-refractivity contribution is 6.18. The Morgan fingerprint density at radius 1 is 1.60 bits per heavy atom. The molecule has 0 aliphatic carbocycles. The van der Waals surface area contributed by atoms with Crippen LogP contribution in [-0.4, -0.2) is 30.4 Å². The molecule has 0 amide bonds. The van der Waals surface area contributed by atoms with Crippen LogP contribution in [-0.2, 0) is 0 Å². The zero-order chi connectivity index (χ0) is 7.56. The van der Waals surface area contributed by atoms with Gasteiger partial charge in [0.25, 0.3) is 0 Å². The molecule has 0 spiro atoms. The van der Waals surface area contributed by atoms with Gasteiger partial charge in [-0.05, 0) is 32.4 Å². The summed E-state index contributed by atoms with van der Waals surface area (Å²) < 4.78 is 0. The lowest BCUT2D eigenvalue weighted by Gasteiger charge is -2.36. The van der Waals surface area contributed by atoms with Crippen LogP contribution in [0.1, 0.15) is 19.8 Å². The second-order valence-electron chi connectivity index (χ2n) is 3.32. The third kappa shape index (κ3) is 1.64. The third-order valence-electron chi connectivity index (χ3n) is 2.55. The van der Waals surface area contributed by atoms with Crippen molar-refractivity contribution in [3.63, 3.8) is 0 Å². The quantitative estimate of drug-likeness (QED) is 0.532. The van der Waals surface area contributed by atoms with Gasteiger partial charge in [0.1, 0.15) is 0 Å². The highest BCUT2D eigenvalue weighted by atomic mass is 35.5. The van der Waals surface area contributed by atoms with Crippen LogP contribution in [0.15, 0.2) is 0 Å². The predicted octanol–water partition coefficient (Wildman–Crippen LogP) is 1.96. The maximum atomic E-state index is 5.83. The average Bonchev–Trinajstić information content (AvgIpc) is 1.88. The molecule has 0 bridgehead atoms. The van der Waals surface area contributed by atoms with Crippen molar-refractivity contribution in [1.82, 2.24) is 4.90 Å². The smallest absolute Gasteiger partial charge is 0.0382 e. The number of nitrogens with zero attached hydrogens (tertiary/aromatic N) is 1. The summed E-state index contributed by atoms with van der Waals surface area (Å²) >= 11 is 5.83.